The zero-order valence-corrected chi connectivity index (χ0v) is 47.9. The van der Waals surface area contributed by atoms with Gasteiger partial charge in [-0.05, 0) is 100 Å². The van der Waals surface area contributed by atoms with Crippen molar-refractivity contribution in [2.45, 2.75) is 317 Å². The third-order valence-corrected chi connectivity index (χ3v) is 14.6. The second-order valence-corrected chi connectivity index (χ2v) is 21.1. The van der Waals surface area contributed by atoms with Crippen molar-refractivity contribution >= 4 is 22.8 Å². The van der Waals surface area contributed by atoms with Gasteiger partial charge in [0.05, 0.1) is 22.8 Å². The van der Waals surface area contributed by atoms with Gasteiger partial charge in [-0.25, -0.2) is 0 Å². The van der Waals surface area contributed by atoms with Crippen LogP contribution in [0.3, 0.4) is 0 Å². The van der Waals surface area contributed by atoms with Crippen molar-refractivity contribution in [2.24, 2.45) is 9.98 Å². The maximum absolute atomic E-state index is 5.60. The number of para-hydroxylation sites is 2. The van der Waals surface area contributed by atoms with E-state index < -0.39 is 0 Å². The maximum Gasteiger partial charge on any atom is 0.0665 e. The quantitative estimate of drug-likeness (QED) is 0.0273. The van der Waals surface area contributed by atoms with Crippen molar-refractivity contribution in [2.75, 3.05) is 0 Å². The van der Waals surface area contributed by atoms with Crippen LogP contribution in [-0.2, 0) is 29.3 Å². The minimum Gasteiger partial charge on any atom is -0.251 e. The second kappa shape index (κ2) is 51.6. The van der Waals surface area contributed by atoms with Crippen LogP contribution in [0.4, 0.5) is 11.4 Å². The first-order valence-corrected chi connectivity index (χ1v) is 30.8. The van der Waals surface area contributed by atoms with E-state index in [1.165, 1.54) is 273 Å². The van der Waals surface area contributed by atoms with Gasteiger partial charge < -0.3 is 0 Å². The summed E-state index contributed by atoms with van der Waals surface area (Å²) in [6.07, 6.45) is 69.6. The number of rotatable bonds is 50. The Bertz CT molecular complexity index is 1530. The summed E-state index contributed by atoms with van der Waals surface area (Å²) < 4.78 is 0. The second-order valence-electron chi connectivity index (χ2n) is 21.1. The summed E-state index contributed by atoms with van der Waals surface area (Å²) in [5.74, 6) is 0. The summed E-state index contributed by atoms with van der Waals surface area (Å²) in [7, 11) is 0. The first kappa shape index (κ1) is 65.8. The third kappa shape index (κ3) is 38.4. The fraction of sp³-hybridized carbons (Fsp3) is 0.731. The molecule has 3 heteroatoms. The fourth-order valence-corrected chi connectivity index (χ4v) is 9.96. The molecule has 0 saturated heterocycles. The topological polar surface area (TPSA) is 24.7 Å². The summed E-state index contributed by atoms with van der Waals surface area (Å²) >= 11 is 0. The largest absolute Gasteiger partial charge is 0.251 e. The Morgan fingerprint density at radius 1 is 0.300 bits per heavy atom. The predicted molar refractivity (Wildman–Crippen MR) is 314 cm³/mol. The molecule has 0 aliphatic heterocycles. The Balaban J connectivity index is 0.0000245. The van der Waals surface area contributed by atoms with Gasteiger partial charge in [0.1, 0.15) is 0 Å². The van der Waals surface area contributed by atoms with Crippen LogP contribution in [0.2, 0.25) is 0 Å². The number of aryl methyl sites for hydroxylation is 2. The molecule has 0 spiro atoms. The molecule has 2 aromatic rings. The van der Waals surface area contributed by atoms with Crippen LogP contribution in [-0.4, -0.2) is 11.4 Å². The van der Waals surface area contributed by atoms with Crippen LogP contribution in [0.1, 0.15) is 315 Å². The van der Waals surface area contributed by atoms with E-state index in [4.69, 9.17) is 9.98 Å². The fourth-order valence-electron chi connectivity index (χ4n) is 9.96. The SMILES string of the molecule is CCCCCCCCCCCCCCCC/C=C/CCc1ccccc1/N=C(CCCCCCCC)\C(CCCCC)=N\c1ccccc1CC/C=C/CCCCCCCCCCCCCCCC.[Ni]. The van der Waals surface area contributed by atoms with E-state index in [2.05, 4.69) is 101 Å². The molecule has 0 bridgehead atoms. The molecule has 402 valence electrons. The predicted octanol–water partition coefficient (Wildman–Crippen LogP) is 23.6. The van der Waals surface area contributed by atoms with Crippen LogP contribution in [0, 0.1) is 0 Å². The smallest absolute Gasteiger partial charge is 0.0665 e. The van der Waals surface area contributed by atoms with E-state index in [1.54, 1.807) is 0 Å². The summed E-state index contributed by atoms with van der Waals surface area (Å²) in [5.41, 5.74) is 7.49. The van der Waals surface area contributed by atoms with E-state index in [-0.39, 0.29) is 16.5 Å². The molecule has 0 aromatic heterocycles. The van der Waals surface area contributed by atoms with E-state index in [0.29, 0.717) is 0 Å². The van der Waals surface area contributed by atoms with Gasteiger partial charge in [0.15, 0.2) is 0 Å². The van der Waals surface area contributed by atoms with Gasteiger partial charge in [-0.2, -0.15) is 0 Å². The third-order valence-electron chi connectivity index (χ3n) is 14.6. The molecule has 70 heavy (non-hydrogen) atoms. The van der Waals surface area contributed by atoms with Gasteiger partial charge in [0, 0.05) is 16.5 Å². The molecule has 0 atom stereocenters. The van der Waals surface area contributed by atoms with Gasteiger partial charge in [-0.1, -0.05) is 300 Å². The zero-order chi connectivity index (χ0) is 49.2. The monoisotopic (exact) mass is 1000 g/mol. The number of allylic oxidation sites excluding steroid dienone is 4. The first-order chi connectivity index (χ1) is 34.2. The zero-order valence-electron chi connectivity index (χ0n) is 47.0. The normalized spacial score (nSPS) is 12.2. The molecule has 0 saturated carbocycles. The van der Waals surface area contributed by atoms with Crippen molar-refractivity contribution in [1.29, 1.82) is 0 Å². The molecule has 2 rings (SSSR count). The van der Waals surface area contributed by atoms with Gasteiger partial charge in [0.25, 0.3) is 0 Å². The molecular weight excluding hydrogens is 891 g/mol. The number of unbranched alkanes of at least 4 members (excludes halogenated alkanes) is 35. The Morgan fingerprint density at radius 3 is 0.871 bits per heavy atom. The number of hydrogen-bond donors (Lipinski definition) is 0. The molecular formula is C67H114N2Ni. The van der Waals surface area contributed by atoms with Crippen LogP contribution >= 0.6 is 0 Å². The molecule has 2 nitrogen and oxygen atoms in total. The van der Waals surface area contributed by atoms with Crippen molar-refractivity contribution in [3.05, 3.63) is 84.0 Å². The van der Waals surface area contributed by atoms with Crippen molar-refractivity contribution in [3.8, 4) is 0 Å². The molecule has 0 fully saturated rings. The summed E-state index contributed by atoms with van der Waals surface area (Å²) in [6.45, 7) is 9.24. The molecule has 0 N–H and O–H groups in total. The van der Waals surface area contributed by atoms with E-state index in [1.807, 2.05) is 0 Å². The summed E-state index contributed by atoms with van der Waals surface area (Å²) in [5, 5.41) is 0. The van der Waals surface area contributed by atoms with Crippen molar-refractivity contribution in [3.63, 3.8) is 0 Å². The number of benzene rings is 2. The average molecular weight is 1010 g/mol. The minimum atomic E-state index is 0. The Hall–Kier alpha value is -2.25. The number of aliphatic imine (C=N–C) groups is 2. The number of hydrogen-bond acceptors (Lipinski definition) is 2. The molecule has 0 radical (unpaired) electrons. The van der Waals surface area contributed by atoms with Gasteiger partial charge >= 0.3 is 0 Å². The molecule has 2 aromatic carbocycles. The Kier molecular flexibility index (Phi) is 48.5. The van der Waals surface area contributed by atoms with Crippen molar-refractivity contribution < 1.29 is 16.5 Å². The summed E-state index contributed by atoms with van der Waals surface area (Å²) in [4.78, 5) is 11.2. The van der Waals surface area contributed by atoms with Crippen LogP contribution in [0.5, 0.6) is 0 Å². The van der Waals surface area contributed by atoms with Crippen LogP contribution in [0.25, 0.3) is 0 Å². The Morgan fingerprint density at radius 2 is 0.543 bits per heavy atom. The van der Waals surface area contributed by atoms with E-state index >= 15 is 0 Å². The van der Waals surface area contributed by atoms with Gasteiger partial charge in [0.2, 0.25) is 0 Å². The van der Waals surface area contributed by atoms with E-state index in [0.717, 1.165) is 49.9 Å². The molecule has 0 amide bonds. The average Bonchev–Trinajstić information content (AvgIpc) is 3.36. The van der Waals surface area contributed by atoms with Crippen molar-refractivity contribution in [1.82, 2.24) is 0 Å². The van der Waals surface area contributed by atoms with Crippen LogP contribution < -0.4 is 0 Å². The maximum atomic E-state index is 5.60. The standard InChI is InChI=1S/C67H114N2.Ni/c1-5-9-13-16-19-21-23-25-27-29-31-33-35-37-39-41-43-47-54-62-56-50-52-58-64(62)68-66(60-46-12-8-4)67(61-49-45-18-15-11-7-3)69-65-59-53-51-57-63(65)55-48-44-42-40-38-36-34-32-30-28-26-24-22-20-17-14-10-6-2;/h41-44,50-53,56-59H,5-40,45-49,54-55,60-61H2,1-4H3;/b43-41+,44-42+,68-66+,69-67-;. The van der Waals surface area contributed by atoms with E-state index in [9.17, 15) is 0 Å². The Labute approximate surface area is 447 Å². The first-order valence-electron chi connectivity index (χ1n) is 30.8. The van der Waals surface area contributed by atoms with Gasteiger partial charge in [-0.15, -0.1) is 0 Å². The number of nitrogens with zero attached hydrogens (tertiary/aromatic N) is 2. The summed E-state index contributed by atoms with van der Waals surface area (Å²) in [6, 6.07) is 17.9. The molecule has 0 unspecified atom stereocenters. The van der Waals surface area contributed by atoms with Crippen LogP contribution in [0.15, 0.2) is 82.8 Å². The molecule has 0 heterocycles. The van der Waals surface area contributed by atoms with Gasteiger partial charge in [-0.3, -0.25) is 9.98 Å². The molecule has 0 aliphatic rings. The minimum absolute atomic E-state index is 0. The molecule has 0 aliphatic carbocycles.